The van der Waals surface area contributed by atoms with E-state index in [-0.39, 0.29) is 27.9 Å². The van der Waals surface area contributed by atoms with Gasteiger partial charge in [0.25, 0.3) is 0 Å². The number of rotatable bonds is 4. The number of nitrogens with zero attached hydrogens (tertiary/aromatic N) is 1. The zero-order chi connectivity index (χ0) is 19.1. The number of carboxylic acids is 1. The third kappa shape index (κ3) is 3.07. The second-order valence-corrected chi connectivity index (χ2v) is 5.39. The Labute approximate surface area is 143 Å². The standard InChI is InChI=1S/C17H11F4NO4/c1-8-12(16(23)24)13-10(26-8)4-5-11(14(13)18)25-7-9-3-2-6-22-15(9)17(19,20)21/h2-6H,7H2,1H3,(H,23,24). The van der Waals surface area contributed by atoms with Crippen LogP contribution >= 0.6 is 0 Å². The van der Waals surface area contributed by atoms with Crippen LogP contribution in [0.15, 0.2) is 34.9 Å². The Bertz CT molecular complexity index is 994. The molecule has 0 aliphatic carbocycles. The first-order valence-electron chi connectivity index (χ1n) is 7.29. The molecule has 0 aliphatic heterocycles. The van der Waals surface area contributed by atoms with Crippen LogP contribution in [0.4, 0.5) is 17.6 Å². The third-order valence-corrected chi connectivity index (χ3v) is 3.69. The second kappa shape index (κ2) is 6.32. The van der Waals surface area contributed by atoms with Crippen molar-refractivity contribution in [3.05, 3.63) is 58.9 Å². The van der Waals surface area contributed by atoms with E-state index >= 15 is 0 Å². The molecule has 0 atom stereocenters. The molecule has 9 heteroatoms. The number of hydrogen-bond donors (Lipinski definition) is 1. The smallest absolute Gasteiger partial charge is 0.433 e. The fourth-order valence-electron chi connectivity index (χ4n) is 2.58. The molecule has 3 rings (SSSR count). The van der Waals surface area contributed by atoms with Gasteiger partial charge in [-0.2, -0.15) is 13.2 Å². The van der Waals surface area contributed by atoms with Crippen LogP contribution in [0.25, 0.3) is 11.0 Å². The van der Waals surface area contributed by atoms with Gasteiger partial charge in [-0.15, -0.1) is 0 Å². The van der Waals surface area contributed by atoms with E-state index in [0.717, 1.165) is 18.3 Å². The first kappa shape index (κ1) is 17.7. The Morgan fingerprint density at radius 2 is 2.04 bits per heavy atom. The van der Waals surface area contributed by atoms with E-state index in [2.05, 4.69) is 4.98 Å². The molecule has 0 amide bonds. The quantitative estimate of drug-likeness (QED) is 0.682. The molecule has 0 unspecified atom stereocenters. The van der Waals surface area contributed by atoms with Gasteiger partial charge in [-0.1, -0.05) is 6.07 Å². The van der Waals surface area contributed by atoms with Crippen LogP contribution in [0.2, 0.25) is 0 Å². The predicted molar refractivity (Wildman–Crippen MR) is 81.4 cm³/mol. The predicted octanol–water partition coefficient (Wildman–Crippen LogP) is 4.57. The van der Waals surface area contributed by atoms with Crippen molar-refractivity contribution >= 4 is 16.9 Å². The molecule has 0 saturated carbocycles. The number of pyridine rings is 1. The summed E-state index contributed by atoms with van der Waals surface area (Å²) in [6, 6.07) is 4.92. The number of fused-ring (bicyclic) bond motifs is 1. The maximum atomic E-state index is 14.7. The maximum Gasteiger partial charge on any atom is 0.433 e. The molecular weight excluding hydrogens is 358 g/mol. The molecule has 2 aromatic heterocycles. The van der Waals surface area contributed by atoms with Gasteiger partial charge < -0.3 is 14.3 Å². The van der Waals surface area contributed by atoms with Crippen LogP contribution in [0.3, 0.4) is 0 Å². The van der Waals surface area contributed by atoms with Crippen LogP contribution < -0.4 is 4.74 Å². The lowest BCUT2D eigenvalue weighted by atomic mass is 10.1. The van der Waals surface area contributed by atoms with Gasteiger partial charge in [0.05, 0.1) is 5.39 Å². The zero-order valence-corrected chi connectivity index (χ0v) is 13.2. The van der Waals surface area contributed by atoms with E-state index in [9.17, 15) is 27.5 Å². The SMILES string of the molecule is Cc1oc2ccc(OCc3cccnc3C(F)(F)F)c(F)c2c1C(=O)O. The Balaban J connectivity index is 1.98. The van der Waals surface area contributed by atoms with Crippen LogP contribution in [-0.4, -0.2) is 16.1 Å². The Morgan fingerprint density at radius 1 is 1.31 bits per heavy atom. The van der Waals surface area contributed by atoms with E-state index in [1.54, 1.807) is 0 Å². The largest absolute Gasteiger partial charge is 0.486 e. The molecule has 136 valence electrons. The van der Waals surface area contributed by atoms with E-state index in [4.69, 9.17) is 9.15 Å². The molecule has 0 bridgehead atoms. The summed E-state index contributed by atoms with van der Waals surface area (Å²) in [6.07, 6.45) is -3.69. The number of halogens is 4. The highest BCUT2D eigenvalue weighted by Crippen LogP contribution is 2.34. The highest BCUT2D eigenvalue weighted by molar-refractivity contribution is 6.04. The van der Waals surface area contributed by atoms with E-state index in [0.29, 0.717) is 0 Å². The molecule has 1 aromatic carbocycles. The topological polar surface area (TPSA) is 72.6 Å². The average Bonchev–Trinajstić information content (AvgIpc) is 2.91. The molecule has 0 radical (unpaired) electrons. The first-order valence-corrected chi connectivity index (χ1v) is 7.29. The average molecular weight is 369 g/mol. The molecule has 2 heterocycles. The second-order valence-electron chi connectivity index (χ2n) is 5.39. The van der Waals surface area contributed by atoms with Crippen molar-refractivity contribution in [2.24, 2.45) is 0 Å². The Kier molecular flexibility index (Phi) is 4.31. The summed E-state index contributed by atoms with van der Waals surface area (Å²) in [5, 5.41) is 8.90. The van der Waals surface area contributed by atoms with Crippen molar-refractivity contribution in [1.29, 1.82) is 0 Å². The summed E-state index contributed by atoms with van der Waals surface area (Å²) in [7, 11) is 0. The van der Waals surface area contributed by atoms with Gasteiger partial charge in [-0.25, -0.2) is 9.18 Å². The summed E-state index contributed by atoms with van der Waals surface area (Å²) in [6.45, 7) is 0.777. The number of furan rings is 1. The summed E-state index contributed by atoms with van der Waals surface area (Å²) in [5.74, 6) is -2.79. The highest BCUT2D eigenvalue weighted by Gasteiger charge is 2.35. The minimum absolute atomic E-state index is 0.00195. The fraction of sp³-hybridized carbons (Fsp3) is 0.176. The maximum absolute atomic E-state index is 14.7. The van der Waals surface area contributed by atoms with Crippen molar-refractivity contribution in [3.63, 3.8) is 0 Å². The van der Waals surface area contributed by atoms with Gasteiger partial charge in [0.15, 0.2) is 17.3 Å². The number of hydrogen-bond acceptors (Lipinski definition) is 4. The summed E-state index contributed by atoms with van der Waals surface area (Å²) in [4.78, 5) is 14.6. The number of aromatic nitrogens is 1. The van der Waals surface area contributed by atoms with Crippen LogP contribution in [-0.2, 0) is 12.8 Å². The summed E-state index contributed by atoms with van der Waals surface area (Å²) in [5.41, 5.74) is -1.77. The number of aromatic carboxylic acids is 1. The van der Waals surface area contributed by atoms with Crippen molar-refractivity contribution in [2.75, 3.05) is 0 Å². The van der Waals surface area contributed by atoms with E-state index in [1.165, 1.54) is 19.1 Å². The fourth-order valence-corrected chi connectivity index (χ4v) is 2.58. The number of carbonyl (C=O) groups is 1. The molecule has 5 nitrogen and oxygen atoms in total. The molecule has 0 aliphatic rings. The number of alkyl halides is 3. The van der Waals surface area contributed by atoms with Crippen molar-refractivity contribution in [3.8, 4) is 5.75 Å². The van der Waals surface area contributed by atoms with Crippen molar-refractivity contribution in [1.82, 2.24) is 4.98 Å². The van der Waals surface area contributed by atoms with Gasteiger partial charge in [0, 0.05) is 11.8 Å². The van der Waals surface area contributed by atoms with Crippen molar-refractivity contribution in [2.45, 2.75) is 19.7 Å². The molecule has 26 heavy (non-hydrogen) atoms. The lowest BCUT2D eigenvalue weighted by Crippen LogP contribution is -2.13. The third-order valence-electron chi connectivity index (χ3n) is 3.69. The number of carboxylic acid groups (broad SMARTS) is 1. The van der Waals surface area contributed by atoms with Gasteiger partial charge in [0.1, 0.15) is 23.5 Å². The Hall–Kier alpha value is -3.10. The number of aryl methyl sites for hydroxylation is 1. The first-order chi connectivity index (χ1) is 12.2. The normalized spacial score (nSPS) is 11.7. The van der Waals surface area contributed by atoms with E-state index < -0.39 is 36.0 Å². The molecule has 0 saturated heterocycles. The highest BCUT2D eigenvalue weighted by atomic mass is 19.4. The van der Waals surface area contributed by atoms with Crippen LogP contribution in [0.5, 0.6) is 5.75 Å². The van der Waals surface area contributed by atoms with Crippen LogP contribution in [0.1, 0.15) is 27.4 Å². The molecule has 0 fully saturated rings. The van der Waals surface area contributed by atoms with Crippen LogP contribution in [0, 0.1) is 12.7 Å². The summed E-state index contributed by atoms with van der Waals surface area (Å²) < 4.78 is 63.8. The number of benzene rings is 1. The van der Waals surface area contributed by atoms with Gasteiger partial charge in [0.2, 0.25) is 0 Å². The molecule has 0 spiro atoms. The van der Waals surface area contributed by atoms with Crippen molar-refractivity contribution < 1.29 is 36.6 Å². The lowest BCUT2D eigenvalue weighted by molar-refractivity contribution is -0.142. The van der Waals surface area contributed by atoms with E-state index in [1.807, 2.05) is 0 Å². The molecule has 3 aromatic rings. The van der Waals surface area contributed by atoms with Gasteiger partial charge in [-0.3, -0.25) is 4.98 Å². The zero-order valence-electron chi connectivity index (χ0n) is 13.2. The lowest BCUT2D eigenvalue weighted by Gasteiger charge is -2.13. The summed E-state index contributed by atoms with van der Waals surface area (Å²) >= 11 is 0. The molecular formula is C17H11F4NO4. The molecule has 1 N–H and O–H groups in total. The van der Waals surface area contributed by atoms with Gasteiger partial charge in [-0.05, 0) is 25.1 Å². The minimum Gasteiger partial charge on any atom is -0.486 e. The minimum atomic E-state index is -4.68. The number of ether oxygens (including phenoxy) is 1. The Morgan fingerprint density at radius 3 is 2.69 bits per heavy atom. The monoisotopic (exact) mass is 369 g/mol. The van der Waals surface area contributed by atoms with Gasteiger partial charge >= 0.3 is 12.1 Å².